The molecule has 122 valence electrons. The molecule has 0 spiro atoms. The van der Waals surface area contributed by atoms with E-state index in [9.17, 15) is 9.59 Å². The van der Waals surface area contributed by atoms with Gasteiger partial charge in [-0.1, -0.05) is 0 Å². The summed E-state index contributed by atoms with van der Waals surface area (Å²) in [5.74, 6) is 0.236. The molecule has 2 amide bonds. The van der Waals surface area contributed by atoms with Crippen molar-refractivity contribution >= 4 is 11.8 Å². The largest absolute Gasteiger partial charge is 0.384 e. The van der Waals surface area contributed by atoms with Gasteiger partial charge in [-0.15, -0.1) is 0 Å². The van der Waals surface area contributed by atoms with Crippen molar-refractivity contribution in [2.45, 2.75) is 20.3 Å². The van der Waals surface area contributed by atoms with Crippen LogP contribution in [0.5, 0.6) is 0 Å². The minimum Gasteiger partial charge on any atom is -0.384 e. The molecule has 1 heterocycles. The van der Waals surface area contributed by atoms with Crippen LogP contribution in [0.2, 0.25) is 0 Å². The van der Waals surface area contributed by atoms with Gasteiger partial charge in [0.05, 0.1) is 18.6 Å². The van der Waals surface area contributed by atoms with Crippen molar-refractivity contribution in [2.75, 3.05) is 60.5 Å². The van der Waals surface area contributed by atoms with E-state index in [1.807, 2.05) is 18.7 Å². The first kappa shape index (κ1) is 17.9. The number of methoxy groups -OCH3 is 1. The van der Waals surface area contributed by atoms with Gasteiger partial charge in [0, 0.05) is 47.4 Å². The maximum atomic E-state index is 12.6. The number of hydrogen-bond donors (Lipinski definition) is 0. The zero-order valence-electron chi connectivity index (χ0n) is 14.0. The first-order valence-corrected chi connectivity index (χ1v) is 7.49. The number of amides is 2. The summed E-state index contributed by atoms with van der Waals surface area (Å²) in [6, 6.07) is 0. The monoisotopic (exact) mass is 299 g/mol. The average Bonchev–Trinajstić information content (AvgIpc) is 2.63. The van der Waals surface area contributed by atoms with E-state index in [1.165, 1.54) is 0 Å². The van der Waals surface area contributed by atoms with Crippen LogP contribution in [-0.2, 0) is 14.3 Å². The van der Waals surface area contributed by atoms with Crippen molar-refractivity contribution in [3.63, 3.8) is 0 Å². The Labute approximate surface area is 128 Å². The lowest BCUT2D eigenvalue weighted by atomic mass is 9.92. The lowest BCUT2D eigenvalue weighted by Crippen LogP contribution is -2.45. The molecule has 1 aliphatic rings. The molecule has 0 saturated carbocycles. The van der Waals surface area contributed by atoms with Crippen LogP contribution in [-0.4, -0.2) is 87.0 Å². The summed E-state index contributed by atoms with van der Waals surface area (Å²) in [5, 5.41) is 0. The number of carbonyl (C=O) groups excluding carboxylic acids is 2. The number of carbonyl (C=O) groups is 2. The highest BCUT2D eigenvalue weighted by molar-refractivity contribution is 5.82. The van der Waals surface area contributed by atoms with Crippen LogP contribution in [0.15, 0.2) is 0 Å². The van der Waals surface area contributed by atoms with Gasteiger partial charge in [-0.2, -0.15) is 0 Å². The molecule has 6 nitrogen and oxygen atoms in total. The molecule has 0 aliphatic carbocycles. The third-order valence-electron chi connectivity index (χ3n) is 3.82. The molecule has 1 aliphatic heterocycles. The Morgan fingerprint density at radius 3 is 2.38 bits per heavy atom. The molecule has 0 aromatic carbocycles. The van der Waals surface area contributed by atoms with E-state index in [0.29, 0.717) is 19.7 Å². The van der Waals surface area contributed by atoms with Gasteiger partial charge in [0.15, 0.2) is 0 Å². The van der Waals surface area contributed by atoms with Crippen LogP contribution in [0.1, 0.15) is 20.3 Å². The molecule has 0 atom stereocenters. The Hall–Kier alpha value is -1.14. The summed E-state index contributed by atoms with van der Waals surface area (Å²) in [5.41, 5.74) is -0.497. The maximum Gasteiger partial charge on any atom is 0.236 e. The molecule has 0 unspecified atom stereocenters. The second-order valence-corrected chi connectivity index (χ2v) is 6.53. The summed E-state index contributed by atoms with van der Waals surface area (Å²) >= 11 is 0. The second kappa shape index (κ2) is 7.75. The summed E-state index contributed by atoms with van der Waals surface area (Å²) in [7, 11) is 5.15. The normalized spacial score (nSPS) is 17.5. The molecule has 0 radical (unpaired) electrons. The Morgan fingerprint density at radius 1 is 1.14 bits per heavy atom. The highest BCUT2D eigenvalue weighted by Gasteiger charge is 2.33. The summed E-state index contributed by atoms with van der Waals surface area (Å²) < 4.78 is 5.14. The highest BCUT2D eigenvalue weighted by atomic mass is 16.5. The van der Waals surface area contributed by atoms with Gasteiger partial charge in [0.25, 0.3) is 0 Å². The number of rotatable bonds is 5. The lowest BCUT2D eigenvalue weighted by molar-refractivity contribution is -0.142. The van der Waals surface area contributed by atoms with Crippen LogP contribution >= 0.6 is 0 Å². The third-order valence-corrected chi connectivity index (χ3v) is 3.82. The highest BCUT2D eigenvalue weighted by Crippen LogP contribution is 2.20. The van der Waals surface area contributed by atoms with Crippen molar-refractivity contribution in [1.82, 2.24) is 14.7 Å². The van der Waals surface area contributed by atoms with Crippen molar-refractivity contribution in [3.8, 4) is 0 Å². The number of ether oxygens (including phenoxy) is 1. The van der Waals surface area contributed by atoms with Gasteiger partial charge >= 0.3 is 0 Å². The predicted molar refractivity (Wildman–Crippen MR) is 82.0 cm³/mol. The van der Waals surface area contributed by atoms with Crippen molar-refractivity contribution < 1.29 is 14.3 Å². The standard InChI is InChI=1S/C15H29N3O3/c1-15(2,12-21-5)14(20)18-8-6-7-17(9-10-18)11-13(19)16(3)4/h6-12H2,1-5H3. The first-order chi connectivity index (χ1) is 9.77. The van der Waals surface area contributed by atoms with Gasteiger partial charge in [-0.25, -0.2) is 0 Å². The van der Waals surface area contributed by atoms with Gasteiger partial charge in [-0.3, -0.25) is 14.5 Å². The first-order valence-electron chi connectivity index (χ1n) is 7.49. The Morgan fingerprint density at radius 2 is 1.81 bits per heavy atom. The molecule has 1 saturated heterocycles. The predicted octanol–water partition coefficient (Wildman–Crippen LogP) is 0.282. The van der Waals surface area contributed by atoms with E-state index < -0.39 is 5.41 Å². The lowest BCUT2D eigenvalue weighted by Gasteiger charge is -2.30. The maximum absolute atomic E-state index is 12.6. The molecular weight excluding hydrogens is 270 g/mol. The quantitative estimate of drug-likeness (QED) is 0.732. The fourth-order valence-corrected chi connectivity index (χ4v) is 2.52. The molecule has 0 aromatic heterocycles. The van der Waals surface area contributed by atoms with E-state index in [2.05, 4.69) is 4.90 Å². The van der Waals surface area contributed by atoms with E-state index in [1.54, 1.807) is 26.1 Å². The summed E-state index contributed by atoms with van der Waals surface area (Å²) in [6.45, 7) is 7.70. The van der Waals surface area contributed by atoms with Gasteiger partial charge < -0.3 is 14.5 Å². The van der Waals surface area contributed by atoms with Crippen LogP contribution in [0.25, 0.3) is 0 Å². The number of nitrogens with zero attached hydrogens (tertiary/aromatic N) is 3. The van der Waals surface area contributed by atoms with E-state index in [4.69, 9.17) is 4.74 Å². The van der Waals surface area contributed by atoms with E-state index in [-0.39, 0.29) is 11.8 Å². The minimum atomic E-state index is -0.497. The van der Waals surface area contributed by atoms with Crippen LogP contribution < -0.4 is 0 Å². The summed E-state index contributed by atoms with van der Waals surface area (Å²) in [6.07, 6.45) is 0.898. The Bertz CT molecular complexity index is 369. The van der Waals surface area contributed by atoms with E-state index >= 15 is 0 Å². The molecule has 0 N–H and O–H groups in total. The number of hydrogen-bond acceptors (Lipinski definition) is 4. The average molecular weight is 299 g/mol. The van der Waals surface area contributed by atoms with Crippen molar-refractivity contribution in [2.24, 2.45) is 5.41 Å². The van der Waals surface area contributed by atoms with Crippen molar-refractivity contribution in [3.05, 3.63) is 0 Å². The fraction of sp³-hybridized carbons (Fsp3) is 0.867. The smallest absolute Gasteiger partial charge is 0.236 e. The van der Waals surface area contributed by atoms with Crippen LogP contribution in [0, 0.1) is 5.41 Å². The zero-order chi connectivity index (χ0) is 16.0. The van der Waals surface area contributed by atoms with Crippen LogP contribution in [0.3, 0.4) is 0 Å². The van der Waals surface area contributed by atoms with Crippen molar-refractivity contribution in [1.29, 1.82) is 0 Å². The SMILES string of the molecule is COCC(C)(C)C(=O)N1CCCN(CC(=O)N(C)C)CC1. The van der Waals surface area contributed by atoms with Gasteiger partial charge in [0.1, 0.15) is 0 Å². The molecule has 1 fully saturated rings. The molecular formula is C15H29N3O3. The fourth-order valence-electron chi connectivity index (χ4n) is 2.52. The van der Waals surface area contributed by atoms with Crippen LogP contribution in [0.4, 0.5) is 0 Å². The Kier molecular flexibility index (Phi) is 6.61. The minimum absolute atomic E-state index is 0.106. The Balaban J connectivity index is 2.56. The molecule has 21 heavy (non-hydrogen) atoms. The number of likely N-dealkylation sites (N-methyl/N-ethyl adjacent to an activating group) is 1. The van der Waals surface area contributed by atoms with Gasteiger partial charge in [-0.05, 0) is 20.3 Å². The molecule has 0 aromatic rings. The summed E-state index contributed by atoms with van der Waals surface area (Å²) in [4.78, 5) is 30.0. The molecule has 1 rings (SSSR count). The van der Waals surface area contributed by atoms with Gasteiger partial charge in [0.2, 0.25) is 11.8 Å². The second-order valence-electron chi connectivity index (χ2n) is 6.53. The topological polar surface area (TPSA) is 53.1 Å². The molecule has 0 bridgehead atoms. The molecule has 6 heteroatoms. The van der Waals surface area contributed by atoms with E-state index in [0.717, 1.165) is 26.1 Å². The third kappa shape index (κ3) is 5.28. The zero-order valence-corrected chi connectivity index (χ0v) is 14.0.